The number of thiophene rings is 1. The molecule has 0 atom stereocenters. The number of rotatable bonds is 5. The van der Waals surface area contributed by atoms with E-state index in [1.165, 1.54) is 48.1 Å². The van der Waals surface area contributed by atoms with Crippen LogP contribution in [0.5, 0.6) is 0 Å². The van der Waals surface area contributed by atoms with Gasteiger partial charge in [-0.3, -0.25) is 4.57 Å². The van der Waals surface area contributed by atoms with Crippen LogP contribution in [0.2, 0.25) is 0 Å². The lowest BCUT2D eigenvalue weighted by Crippen LogP contribution is -2.09. The minimum absolute atomic E-state index is 0.296. The maximum atomic E-state index is 6.83. The highest BCUT2D eigenvalue weighted by Crippen LogP contribution is 2.44. The van der Waals surface area contributed by atoms with Crippen LogP contribution in [-0.2, 0) is 0 Å². The molecule has 9 aromatic rings. The lowest BCUT2D eigenvalue weighted by Gasteiger charge is -2.24. The van der Waals surface area contributed by atoms with Crippen molar-refractivity contribution >= 4 is 64.5 Å². The molecule has 3 nitrogen and oxygen atoms in total. The lowest BCUT2D eigenvalue weighted by atomic mass is 9.88. The Morgan fingerprint density at radius 3 is 2.09 bits per heavy atom. The molecular weight excluding hydrogens is 593 g/mol. The second kappa shape index (κ2) is 10.7. The molecule has 3 heterocycles. The molecule has 228 valence electrons. The Kier molecular flexibility index (Phi) is 6.38. The summed E-state index contributed by atoms with van der Waals surface area (Å²) in [6.45, 7) is 9.19. The van der Waals surface area contributed by atoms with E-state index in [0.29, 0.717) is 11.8 Å². The van der Waals surface area contributed by atoms with E-state index in [2.05, 4.69) is 154 Å². The normalized spacial score (nSPS) is 12.2. The Morgan fingerprint density at radius 2 is 1.30 bits per heavy atom. The van der Waals surface area contributed by atoms with E-state index in [1.807, 2.05) is 11.3 Å². The molecule has 6 aromatic carbocycles. The fraction of sp³-hybridized carbons (Fsp3) is 0.140. The average molecular weight is 627 g/mol. The number of nitrogens with zero attached hydrogens (tertiary/aromatic N) is 2. The first kappa shape index (κ1) is 28.1. The summed E-state index contributed by atoms with van der Waals surface area (Å²) in [6, 6.07) is 43.7. The van der Waals surface area contributed by atoms with E-state index >= 15 is 0 Å². The maximum Gasteiger partial charge on any atom is 0.149 e. The van der Waals surface area contributed by atoms with Crippen molar-refractivity contribution in [3.8, 4) is 28.2 Å². The molecule has 47 heavy (non-hydrogen) atoms. The third-order valence-electron chi connectivity index (χ3n) is 9.54. The largest absolute Gasteiger partial charge is 0.455 e. The van der Waals surface area contributed by atoms with Crippen LogP contribution in [0.1, 0.15) is 50.7 Å². The first-order valence-electron chi connectivity index (χ1n) is 16.4. The topological polar surface area (TPSA) is 31.0 Å². The van der Waals surface area contributed by atoms with Crippen molar-refractivity contribution in [3.63, 3.8) is 0 Å². The fourth-order valence-corrected chi connectivity index (χ4v) is 8.37. The molecule has 0 bridgehead atoms. The molecule has 0 fully saturated rings. The Morgan fingerprint density at radius 1 is 0.596 bits per heavy atom. The van der Waals surface area contributed by atoms with Crippen molar-refractivity contribution in [2.45, 2.75) is 39.5 Å². The molecule has 0 radical (unpaired) electrons. The molecule has 0 aliphatic carbocycles. The van der Waals surface area contributed by atoms with Crippen LogP contribution < -0.4 is 0 Å². The molecule has 3 aromatic heterocycles. The Balaban J connectivity index is 1.35. The van der Waals surface area contributed by atoms with Gasteiger partial charge in [-0.1, -0.05) is 100 Å². The van der Waals surface area contributed by atoms with Crippen LogP contribution in [0.15, 0.2) is 126 Å². The van der Waals surface area contributed by atoms with Gasteiger partial charge in [0.15, 0.2) is 0 Å². The predicted molar refractivity (Wildman–Crippen MR) is 200 cm³/mol. The monoisotopic (exact) mass is 626 g/mol. The molecular formula is C43H34N2OS. The summed E-state index contributed by atoms with van der Waals surface area (Å²) in [4.78, 5) is 5.35. The first-order valence-corrected chi connectivity index (χ1v) is 17.3. The molecule has 0 unspecified atom stereocenters. The SMILES string of the molecule is CC(C)c1cc(-c2ccccc2)cc(C(C)C)c1-n1c(-c2cccc3c2oc2cc4c(cc23)sc2ccccc24)nc2ccccc21. The molecule has 0 saturated heterocycles. The number of imidazole rings is 1. The molecule has 4 heteroatoms. The molecule has 9 rings (SSSR count). The second-order valence-corrected chi connectivity index (χ2v) is 14.2. The van der Waals surface area contributed by atoms with Crippen molar-refractivity contribution in [2.75, 3.05) is 0 Å². The summed E-state index contributed by atoms with van der Waals surface area (Å²) in [7, 11) is 0. The third kappa shape index (κ3) is 4.35. The van der Waals surface area contributed by atoms with Gasteiger partial charge in [-0.25, -0.2) is 4.98 Å². The smallest absolute Gasteiger partial charge is 0.149 e. The minimum Gasteiger partial charge on any atom is -0.455 e. The van der Waals surface area contributed by atoms with Crippen molar-refractivity contribution < 1.29 is 4.42 Å². The Bertz CT molecular complexity index is 2610. The maximum absolute atomic E-state index is 6.83. The minimum atomic E-state index is 0.296. The van der Waals surface area contributed by atoms with Crippen LogP contribution in [0.4, 0.5) is 0 Å². The van der Waals surface area contributed by atoms with Gasteiger partial charge in [0, 0.05) is 30.9 Å². The number of aromatic nitrogens is 2. The van der Waals surface area contributed by atoms with Gasteiger partial charge in [0.25, 0.3) is 0 Å². The van der Waals surface area contributed by atoms with Gasteiger partial charge in [0.2, 0.25) is 0 Å². The number of furan rings is 1. The zero-order valence-electron chi connectivity index (χ0n) is 26.9. The van der Waals surface area contributed by atoms with Gasteiger partial charge in [-0.05, 0) is 82.6 Å². The summed E-state index contributed by atoms with van der Waals surface area (Å²) in [5.74, 6) is 1.49. The van der Waals surface area contributed by atoms with E-state index < -0.39 is 0 Å². The van der Waals surface area contributed by atoms with Gasteiger partial charge >= 0.3 is 0 Å². The number of fused-ring (bicyclic) bond motifs is 7. The number of benzene rings is 6. The van der Waals surface area contributed by atoms with Crippen molar-refractivity contribution in [1.29, 1.82) is 0 Å². The molecule has 0 aliphatic rings. The van der Waals surface area contributed by atoms with E-state index in [4.69, 9.17) is 9.40 Å². The van der Waals surface area contributed by atoms with Gasteiger partial charge in [0.1, 0.15) is 17.0 Å². The first-order chi connectivity index (χ1) is 23.0. The van der Waals surface area contributed by atoms with Crippen molar-refractivity contribution in [1.82, 2.24) is 9.55 Å². The second-order valence-electron chi connectivity index (χ2n) is 13.2. The summed E-state index contributed by atoms with van der Waals surface area (Å²) in [5, 5.41) is 4.77. The molecule has 0 amide bonds. The van der Waals surface area contributed by atoms with E-state index in [-0.39, 0.29) is 0 Å². The van der Waals surface area contributed by atoms with Crippen LogP contribution in [0.25, 0.3) is 81.3 Å². The van der Waals surface area contributed by atoms with Crippen LogP contribution in [0, 0.1) is 0 Å². The van der Waals surface area contributed by atoms with Crippen molar-refractivity contribution in [2.24, 2.45) is 0 Å². The van der Waals surface area contributed by atoms with Gasteiger partial charge in [-0.15, -0.1) is 11.3 Å². The highest BCUT2D eigenvalue weighted by atomic mass is 32.1. The van der Waals surface area contributed by atoms with Crippen LogP contribution in [0.3, 0.4) is 0 Å². The molecule has 0 N–H and O–H groups in total. The zero-order valence-corrected chi connectivity index (χ0v) is 27.7. The number of hydrogen-bond acceptors (Lipinski definition) is 3. The number of para-hydroxylation sites is 3. The Hall–Kier alpha value is -5.19. The average Bonchev–Trinajstić information content (AvgIpc) is 3.77. The van der Waals surface area contributed by atoms with Crippen molar-refractivity contribution in [3.05, 3.63) is 132 Å². The summed E-state index contributed by atoms with van der Waals surface area (Å²) < 4.78 is 11.8. The fourth-order valence-electron chi connectivity index (χ4n) is 7.24. The van der Waals surface area contributed by atoms with Gasteiger partial charge in [-0.2, -0.15) is 0 Å². The highest BCUT2D eigenvalue weighted by Gasteiger charge is 2.25. The molecule has 0 aliphatic heterocycles. The lowest BCUT2D eigenvalue weighted by molar-refractivity contribution is 0.670. The number of hydrogen-bond donors (Lipinski definition) is 0. The Labute approximate surface area is 277 Å². The van der Waals surface area contributed by atoms with Crippen LogP contribution in [-0.4, -0.2) is 9.55 Å². The molecule has 0 spiro atoms. The van der Waals surface area contributed by atoms with Gasteiger partial charge in [0.05, 0.1) is 22.3 Å². The van der Waals surface area contributed by atoms with Gasteiger partial charge < -0.3 is 4.42 Å². The standard InChI is InChI=1S/C43H34N2OS/c1-25(2)32-21-28(27-13-6-5-7-14-27)22-33(26(3)4)41(32)45-37-19-10-9-18-36(37)44-43(45)31-17-12-16-30-34-24-40-35(23-38(34)46-42(30)31)29-15-8-11-20-39(29)47-40/h5-26H,1-4H3. The summed E-state index contributed by atoms with van der Waals surface area (Å²) in [5.41, 5.74) is 11.2. The summed E-state index contributed by atoms with van der Waals surface area (Å²) >= 11 is 1.84. The third-order valence-corrected chi connectivity index (χ3v) is 10.7. The van der Waals surface area contributed by atoms with E-state index in [0.717, 1.165) is 44.4 Å². The molecule has 0 saturated carbocycles. The van der Waals surface area contributed by atoms with Crippen LogP contribution >= 0.6 is 11.3 Å². The van der Waals surface area contributed by atoms with E-state index in [9.17, 15) is 0 Å². The quantitative estimate of drug-likeness (QED) is 0.190. The zero-order chi connectivity index (χ0) is 31.8. The summed E-state index contributed by atoms with van der Waals surface area (Å²) in [6.07, 6.45) is 0. The predicted octanol–water partition coefficient (Wildman–Crippen LogP) is 12.9. The highest BCUT2D eigenvalue weighted by molar-refractivity contribution is 7.25. The van der Waals surface area contributed by atoms with E-state index in [1.54, 1.807) is 0 Å².